The molecule has 1 atom stereocenters. The minimum atomic E-state index is -0.395. The van der Waals surface area contributed by atoms with Crippen molar-refractivity contribution in [2.24, 2.45) is 0 Å². The van der Waals surface area contributed by atoms with Crippen LogP contribution in [0.15, 0.2) is 36.4 Å². The van der Waals surface area contributed by atoms with Gasteiger partial charge in [-0.2, -0.15) is 0 Å². The van der Waals surface area contributed by atoms with Crippen LogP contribution in [-0.2, 0) is 0 Å². The summed E-state index contributed by atoms with van der Waals surface area (Å²) in [4.78, 5) is 19.9. The molecule has 3 aromatic rings. The molecule has 2 aliphatic heterocycles. The summed E-state index contributed by atoms with van der Waals surface area (Å²) in [7, 11) is 0. The number of halogens is 1. The first-order valence-corrected chi connectivity index (χ1v) is 10.6. The van der Waals surface area contributed by atoms with Crippen LogP contribution in [0.3, 0.4) is 0 Å². The SMILES string of the molecule is O=C(N[C@H]1CCOc2c(F)cccc21)c1ccc2nc(N3CCNCC3)sc2c1. The predicted octanol–water partition coefficient (Wildman–Crippen LogP) is 3.10. The van der Waals surface area contributed by atoms with Gasteiger partial charge in [-0.3, -0.25) is 4.79 Å². The molecule has 0 radical (unpaired) electrons. The molecule has 0 spiro atoms. The number of amides is 1. The van der Waals surface area contributed by atoms with Crippen LogP contribution in [0.25, 0.3) is 10.2 Å². The molecule has 1 saturated heterocycles. The first-order valence-electron chi connectivity index (χ1n) is 9.77. The molecule has 29 heavy (non-hydrogen) atoms. The van der Waals surface area contributed by atoms with Gasteiger partial charge in [0.2, 0.25) is 0 Å². The summed E-state index contributed by atoms with van der Waals surface area (Å²) in [6.45, 7) is 4.16. The van der Waals surface area contributed by atoms with E-state index in [0.29, 0.717) is 24.2 Å². The number of rotatable bonds is 3. The van der Waals surface area contributed by atoms with Crippen molar-refractivity contribution in [3.8, 4) is 5.75 Å². The zero-order valence-electron chi connectivity index (χ0n) is 15.8. The smallest absolute Gasteiger partial charge is 0.251 e. The number of nitrogens with zero attached hydrogens (tertiary/aromatic N) is 2. The molecule has 1 amide bonds. The highest BCUT2D eigenvalue weighted by atomic mass is 32.1. The van der Waals surface area contributed by atoms with Crippen LogP contribution in [0.1, 0.15) is 28.4 Å². The average Bonchev–Trinajstić information content (AvgIpc) is 3.18. The normalized spacial score (nSPS) is 18.9. The molecule has 0 bridgehead atoms. The minimum Gasteiger partial charge on any atom is -0.490 e. The Labute approximate surface area is 171 Å². The summed E-state index contributed by atoms with van der Waals surface area (Å²) < 4.78 is 20.4. The molecule has 2 aliphatic rings. The van der Waals surface area contributed by atoms with E-state index in [1.54, 1.807) is 29.5 Å². The third-order valence-corrected chi connectivity index (χ3v) is 6.44. The van der Waals surface area contributed by atoms with Gasteiger partial charge in [0.25, 0.3) is 5.91 Å². The number of aromatic nitrogens is 1. The summed E-state index contributed by atoms with van der Waals surface area (Å²) in [5, 5.41) is 7.37. The number of benzene rings is 2. The second kappa shape index (κ2) is 7.61. The summed E-state index contributed by atoms with van der Waals surface area (Å²) in [5.41, 5.74) is 2.17. The van der Waals surface area contributed by atoms with Crippen LogP contribution >= 0.6 is 11.3 Å². The van der Waals surface area contributed by atoms with E-state index < -0.39 is 5.82 Å². The lowest BCUT2D eigenvalue weighted by Crippen LogP contribution is -2.43. The van der Waals surface area contributed by atoms with E-state index in [-0.39, 0.29) is 17.7 Å². The van der Waals surface area contributed by atoms with Gasteiger partial charge in [0.05, 0.1) is 22.9 Å². The topological polar surface area (TPSA) is 66.5 Å². The van der Waals surface area contributed by atoms with E-state index in [9.17, 15) is 9.18 Å². The monoisotopic (exact) mass is 412 g/mol. The van der Waals surface area contributed by atoms with Crippen LogP contribution < -0.4 is 20.3 Å². The van der Waals surface area contributed by atoms with Crippen molar-refractivity contribution >= 4 is 32.6 Å². The van der Waals surface area contributed by atoms with Crippen LogP contribution in [0, 0.1) is 5.82 Å². The number of para-hydroxylation sites is 1. The van der Waals surface area contributed by atoms with E-state index >= 15 is 0 Å². The zero-order valence-corrected chi connectivity index (χ0v) is 16.6. The van der Waals surface area contributed by atoms with Crippen molar-refractivity contribution < 1.29 is 13.9 Å². The van der Waals surface area contributed by atoms with E-state index in [0.717, 1.165) is 41.5 Å². The van der Waals surface area contributed by atoms with Gasteiger partial charge in [0, 0.05) is 43.7 Å². The largest absolute Gasteiger partial charge is 0.490 e. The molecule has 0 unspecified atom stereocenters. The fraction of sp³-hybridized carbons (Fsp3) is 0.333. The fourth-order valence-electron chi connectivity index (χ4n) is 3.82. The maximum absolute atomic E-state index is 14.0. The number of hydrogen-bond donors (Lipinski definition) is 2. The van der Waals surface area contributed by atoms with Crippen molar-refractivity contribution in [3.05, 3.63) is 53.3 Å². The number of hydrogen-bond acceptors (Lipinski definition) is 6. The second-order valence-corrected chi connectivity index (χ2v) is 8.25. The molecule has 3 heterocycles. The Kier molecular flexibility index (Phi) is 4.81. The molecule has 2 N–H and O–H groups in total. The fourth-order valence-corrected chi connectivity index (χ4v) is 4.88. The van der Waals surface area contributed by atoms with E-state index in [2.05, 4.69) is 15.5 Å². The summed E-state index contributed by atoms with van der Waals surface area (Å²) in [6.07, 6.45) is 0.609. The number of piperazine rings is 1. The standard InChI is InChI=1S/C21H21FN4O2S/c22-15-3-1-2-14-16(6-11-28-19(14)15)24-20(27)13-4-5-17-18(12-13)29-21(25-17)26-9-7-23-8-10-26/h1-5,12,16,23H,6-11H2,(H,24,27)/t16-/m0/s1. The molecule has 2 aromatic carbocycles. The number of anilines is 1. The molecule has 150 valence electrons. The zero-order chi connectivity index (χ0) is 19.8. The number of nitrogens with one attached hydrogen (secondary N) is 2. The van der Waals surface area contributed by atoms with Gasteiger partial charge in [0.1, 0.15) is 0 Å². The first kappa shape index (κ1) is 18.3. The quantitative estimate of drug-likeness (QED) is 0.692. The number of thiazole rings is 1. The Morgan fingerprint density at radius 3 is 3.00 bits per heavy atom. The van der Waals surface area contributed by atoms with Gasteiger partial charge in [-0.25, -0.2) is 9.37 Å². The Morgan fingerprint density at radius 2 is 2.14 bits per heavy atom. The summed E-state index contributed by atoms with van der Waals surface area (Å²) >= 11 is 1.61. The van der Waals surface area contributed by atoms with E-state index in [1.165, 1.54) is 6.07 Å². The van der Waals surface area contributed by atoms with Gasteiger partial charge < -0.3 is 20.3 Å². The lowest BCUT2D eigenvalue weighted by Gasteiger charge is -2.27. The molecular weight excluding hydrogens is 391 g/mol. The van der Waals surface area contributed by atoms with Gasteiger partial charge in [0.15, 0.2) is 16.7 Å². The number of carbonyl (C=O) groups excluding carboxylic acids is 1. The Hall–Kier alpha value is -2.71. The lowest BCUT2D eigenvalue weighted by atomic mass is 10.00. The van der Waals surface area contributed by atoms with Gasteiger partial charge in [-0.1, -0.05) is 23.5 Å². The second-order valence-electron chi connectivity index (χ2n) is 7.24. The Balaban J connectivity index is 1.37. The third-order valence-electron chi connectivity index (χ3n) is 5.36. The number of carbonyl (C=O) groups is 1. The highest BCUT2D eigenvalue weighted by Crippen LogP contribution is 2.34. The van der Waals surface area contributed by atoms with Crippen LogP contribution in [0.5, 0.6) is 5.75 Å². The van der Waals surface area contributed by atoms with Crippen molar-refractivity contribution in [3.63, 3.8) is 0 Å². The van der Waals surface area contributed by atoms with Gasteiger partial charge in [-0.15, -0.1) is 0 Å². The number of fused-ring (bicyclic) bond motifs is 2. The molecule has 6 nitrogen and oxygen atoms in total. The number of ether oxygens (including phenoxy) is 1. The average molecular weight is 412 g/mol. The highest BCUT2D eigenvalue weighted by molar-refractivity contribution is 7.22. The molecule has 1 fully saturated rings. The van der Waals surface area contributed by atoms with Gasteiger partial charge >= 0.3 is 0 Å². The minimum absolute atomic E-state index is 0.175. The van der Waals surface area contributed by atoms with Crippen molar-refractivity contribution in [1.82, 2.24) is 15.6 Å². The molecule has 0 aliphatic carbocycles. The van der Waals surface area contributed by atoms with Crippen molar-refractivity contribution in [1.29, 1.82) is 0 Å². The molecule has 1 aromatic heterocycles. The Morgan fingerprint density at radius 1 is 1.28 bits per heavy atom. The van der Waals surface area contributed by atoms with E-state index in [1.807, 2.05) is 12.1 Å². The summed E-state index contributed by atoms with van der Waals surface area (Å²) in [5.74, 6) is -0.332. The third kappa shape index (κ3) is 3.54. The highest BCUT2D eigenvalue weighted by Gasteiger charge is 2.26. The Bertz CT molecular complexity index is 1060. The first-order chi connectivity index (χ1) is 14.2. The van der Waals surface area contributed by atoms with Crippen LogP contribution in [0.2, 0.25) is 0 Å². The van der Waals surface area contributed by atoms with Crippen molar-refractivity contribution in [2.45, 2.75) is 12.5 Å². The van der Waals surface area contributed by atoms with Crippen LogP contribution in [-0.4, -0.2) is 43.7 Å². The maximum Gasteiger partial charge on any atom is 0.251 e. The molecule has 8 heteroatoms. The predicted molar refractivity (Wildman–Crippen MR) is 111 cm³/mol. The van der Waals surface area contributed by atoms with E-state index in [4.69, 9.17) is 9.72 Å². The van der Waals surface area contributed by atoms with Crippen molar-refractivity contribution in [2.75, 3.05) is 37.7 Å². The summed E-state index contributed by atoms with van der Waals surface area (Å²) in [6, 6.07) is 10.1. The molecule has 0 saturated carbocycles. The molecular formula is C21H21FN4O2S. The van der Waals surface area contributed by atoms with Gasteiger partial charge in [-0.05, 0) is 24.3 Å². The maximum atomic E-state index is 14.0. The molecule has 5 rings (SSSR count). The van der Waals surface area contributed by atoms with Crippen LogP contribution in [0.4, 0.5) is 9.52 Å². The lowest BCUT2D eigenvalue weighted by molar-refractivity contribution is 0.0924.